The van der Waals surface area contributed by atoms with Crippen LogP contribution in [0.4, 0.5) is 0 Å². The molecule has 0 bridgehead atoms. The average molecular weight is 281 g/mol. The average Bonchev–Trinajstić information content (AvgIpc) is 2.48. The van der Waals surface area contributed by atoms with Crippen molar-refractivity contribution in [3.05, 3.63) is 0 Å². The van der Waals surface area contributed by atoms with E-state index < -0.39 is 5.97 Å². The first-order valence-corrected chi connectivity index (χ1v) is 8.13. The van der Waals surface area contributed by atoms with Crippen molar-refractivity contribution in [2.24, 2.45) is 17.8 Å². The van der Waals surface area contributed by atoms with Gasteiger partial charge in [-0.05, 0) is 50.9 Å². The molecule has 0 aliphatic heterocycles. The van der Waals surface area contributed by atoms with E-state index in [1.54, 1.807) is 0 Å². The van der Waals surface area contributed by atoms with Crippen LogP contribution in [-0.4, -0.2) is 23.0 Å². The lowest BCUT2D eigenvalue weighted by Gasteiger charge is -2.31. The van der Waals surface area contributed by atoms with E-state index in [1.807, 2.05) is 0 Å². The summed E-state index contributed by atoms with van der Waals surface area (Å²) < 4.78 is 0. The van der Waals surface area contributed by atoms with Gasteiger partial charge in [-0.15, -0.1) is 0 Å². The molecule has 0 aromatic heterocycles. The minimum absolute atomic E-state index is 0.0891. The molecular formula is C16H27NO3. The Labute approximate surface area is 121 Å². The molecule has 20 heavy (non-hydrogen) atoms. The number of rotatable bonds is 4. The molecule has 0 heterocycles. The van der Waals surface area contributed by atoms with Crippen molar-refractivity contribution >= 4 is 11.9 Å². The third-order valence-corrected chi connectivity index (χ3v) is 5.16. The highest BCUT2D eigenvalue weighted by Crippen LogP contribution is 2.31. The van der Waals surface area contributed by atoms with Gasteiger partial charge >= 0.3 is 5.97 Å². The summed E-state index contributed by atoms with van der Waals surface area (Å²) in [6.45, 7) is 2.23. The summed E-state index contributed by atoms with van der Waals surface area (Å²) in [7, 11) is 0. The van der Waals surface area contributed by atoms with E-state index in [0.29, 0.717) is 12.5 Å². The van der Waals surface area contributed by atoms with Gasteiger partial charge in [-0.25, -0.2) is 0 Å². The molecule has 0 aromatic rings. The van der Waals surface area contributed by atoms with Crippen LogP contribution in [0, 0.1) is 17.8 Å². The molecule has 2 N–H and O–H groups in total. The van der Waals surface area contributed by atoms with Crippen LogP contribution >= 0.6 is 0 Å². The fourth-order valence-corrected chi connectivity index (χ4v) is 3.69. The Morgan fingerprint density at radius 2 is 1.70 bits per heavy atom. The van der Waals surface area contributed by atoms with Crippen LogP contribution in [0.25, 0.3) is 0 Å². The maximum absolute atomic E-state index is 12.3. The van der Waals surface area contributed by atoms with Gasteiger partial charge in [-0.3, -0.25) is 9.59 Å². The minimum atomic E-state index is -0.744. The Bertz CT molecular complexity index is 348. The molecule has 4 heteroatoms. The lowest BCUT2D eigenvalue weighted by atomic mass is 9.80. The molecule has 2 atom stereocenters. The van der Waals surface area contributed by atoms with E-state index in [0.717, 1.165) is 38.0 Å². The first kappa shape index (κ1) is 15.3. The standard InChI is InChI=1S/C16H27NO3/c1-2-11-6-8-14(9-7-11)17-15(18)12-4-3-5-13(10-12)16(19)20/h11-14H,2-10H2,1H3,(H,17,18)(H,19,20). The van der Waals surface area contributed by atoms with E-state index in [2.05, 4.69) is 12.2 Å². The minimum Gasteiger partial charge on any atom is -0.481 e. The summed E-state index contributed by atoms with van der Waals surface area (Å²) in [4.78, 5) is 23.3. The maximum Gasteiger partial charge on any atom is 0.306 e. The van der Waals surface area contributed by atoms with Crippen molar-refractivity contribution in [1.82, 2.24) is 5.32 Å². The zero-order chi connectivity index (χ0) is 14.5. The number of carbonyl (C=O) groups excluding carboxylic acids is 1. The highest BCUT2D eigenvalue weighted by atomic mass is 16.4. The third-order valence-electron chi connectivity index (χ3n) is 5.16. The SMILES string of the molecule is CCC1CCC(NC(=O)C2CCCC(C(=O)O)C2)CC1. The molecule has 2 fully saturated rings. The first-order chi connectivity index (χ1) is 9.60. The highest BCUT2D eigenvalue weighted by Gasteiger charge is 2.32. The molecular weight excluding hydrogens is 254 g/mol. The fraction of sp³-hybridized carbons (Fsp3) is 0.875. The first-order valence-electron chi connectivity index (χ1n) is 8.13. The Balaban J connectivity index is 1.78. The Morgan fingerprint density at radius 3 is 2.30 bits per heavy atom. The summed E-state index contributed by atoms with van der Waals surface area (Å²) >= 11 is 0. The summed E-state index contributed by atoms with van der Waals surface area (Å²) in [5, 5.41) is 12.2. The van der Waals surface area contributed by atoms with Crippen LogP contribution in [0.15, 0.2) is 0 Å². The second-order valence-corrected chi connectivity index (χ2v) is 6.53. The quantitative estimate of drug-likeness (QED) is 0.832. The number of amides is 1. The second-order valence-electron chi connectivity index (χ2n) is 6.53. The largest absolute Gasteiger partial charge is 0.481 e. The number of hydrogen-bond donors (Lipinski definition) is 2. The van der Waals surface area contributed by atoms with Gasteiger partial charge in [-0.2, -0.15) is 0 Å². The lowest BCUT2D eigenvalue weighted by molar-refractivity contribution is -0.144. The molecule has 114 valence electrons. The van der Waals surface area contributed by atoms with Gasteiger partial charge < -0.3 is 10.4 Å². The van der Waals surface area contributed by atoms with Crippen molar-refractivity contribution in [2.75, 3.05) is 0 Å². The van der Waals surface area contributed by atoms with E-state index in [1.165, 1.54) is 19.3 Å². The van der Waals surface area contributed by atoms with Crippen LogP contribution in [0.2, 0.25) is 0 Å². The van der Waals surface area contributed by atoms with Crippen molar-refractivity contribution < 1.29 is 14.7 Å². The van der Waals surface area contributed by atoms with E-state index in [-0.39, 0.29) is 17.7 Å². The number of nitrogens with one attached hydrogen (secondary N) is 1. The lowest BCUT2D eigenvalue weighted by Crippen LogP contribution is -2.42. The van der Waals surface area contributed by atoms with Crippen LogP contribution in [0.3, 0.4) is 0 Å². The molecule has 1 amide bonds. The Hall–Kier alpha value is -1.06. The van der Waals surface area contributed by atoms with Crippen molar-refractivity contribution in [3.63, 3.8) is 0 Å². The van der Waals surface area contributed by atoms with Gasteiger partial charge in [0.2, 0.25) is 5.91 Å². The van der Waals surface area contributed by atoms with E-state index in [9.17, 15) is 9.59 Å². The summed E-state index contributed by atoms with van der Waals surface area (Å²) in [5.74, 6) is -0.236. The molecule has 0 radical (unpaired) electrons. The van der Waals surface area contributed by atoms with Gasteiger partial charge in [0.15, 0.2) is 0 Å². The van der Waals surface area contributed by atoms with Crippen LogP contribution in [-0.2, 0) is 9.59 Å². The molecule has 2 aliphatic carbocycles. The summed E-state index contributed by atoms with van der Waals surface area (Å²) in [6.07, 6.45) is 8.78. The molecule has 2 rings (SSSR count). The molecule has 0 aromatic carbocycles. The zero-order valence-electron chi connectivity index (χ0n) is 12.4. The smallest absolute Gasteiger partial charge is 0.306 e. The molecule has 4 nitrogen and oxygen atoms in total. The van der Waals surface area contributed by atoms with Gasteiger partial charge in [-0.1, -0.05) is 19.8 Å². The Morgan fingerprint density at radius 1 is 1.05 bits per heavy atom. The van der Waals surface area contributed by atoms with Crippen LogP contribution < -0.4 is 5.32 Å². The van der Waals surface area contributed by atoms with Gasteiger partial charge in [0.05, 0.1) is 5.92 Å². The molecule has 0 spiro atoms. The number of carboxylic acids is 1. The van der Waals surface area contributed by atoms with Crippen LogP contribution in [0.1, 0.15) is 64.7 Å². The topological polar surface area (TPSA) is 66.4 Å². The molecule has 2 aliphatic rings. The number of hydrogen-bond acceptors (Lipinski definition) is 2. The highest BCUT2D eigenvalue weighted by molar-refractivity contribution is 5.80. The van der Waals surface area contributed by atoms with Gasteiger partial charge in [0.1, 0.15) is 0 Å². The third kappa shape index (κ3) is 3.97. The van der Waals surface area contributed by atoms with Crippen molar-refractivity contribution in [1.29, 1.82) is 0 Å². The van der Waals surface area contributed by atoms with E-state index in [4.69, 9.17) is 5.11 Å². The molecule has 2 saturated carbocycles. The van der Waals surface area contributed by atoms with Gasteiger partial charge in [0.25, 0.3) is 0 Å². The predicted octanol–water partition coefficient (Wildman–Crippen LogP) is 2.96. The van der Waals surface area contributed by atoms with Crippen LogP contribution in [0.5, 0.6) is 0 Å². The summed E-state index contributed by atoms with van der Waals surface area (Å²) in [6, 6.07) is 0.315. The number of carboxylic acid groups (broad SMARTS) is 1. The second kappa shape index (κ2) is 7.09. The molecule has 2 unspecified atom stereocenters. The fourth-order valence-electron chi connectivity index (χ4n) is 3.69. The Kier molecular flexibility index (Phi) is 5.44. The monoisotopic (exact) mass is 281 g/mol. The maximum atomic E-state index is 12.3. The zero-order valence-corrected chi connectivity index (χ0v) is 12.4. The number of aliphatic carboxylic acids is 1. The van der Waals surface area contributed by atoms with Gasteiger partial charge in [0, 0.05) is 12.0 Å². The van der Waals surface area contributed by atoms with Crippen molar-refractivity contribution in [2.45, 2.75) is 70.8 Å². The summed E-state index contributed by atoms with van der Waals surface area (Å²) in [5.41, 5.74) is 0. The predicted molar refractivity (Wildman–Crippen MR) is 77.3 cm³/mol. The molecule has 0 saturated heterocycles. The normalized spacial score (nSPS) is 34.5. The van der Waals surface area contributed by atoms with Crippen molar-refractivity contribution in [3.8, 4) is 0 Å². The van der Waals surface area contributed by atoms with E-state index >= 15 is 0 Å². The number of carbonyl (C=O) groups is 2.